The Morgan fingerprint density at radius 1 is 1.06 bits per heavy atom. The van der Waals surface area contributed by atoms with Crippen LogP contribution in [0.1, 0.15) is 35.8 Å². The molecule has 0 radical (unpaired) electrons. The molecular formula is C26H23ClN4O4. The Labute approximate surface area is 207 Å². The summed E-state index contributed by atoms with van der Waals surface area (Å²) in [7, 11) is 0. The smallest absolute Gasteiger partial charge is 0.325 e. The number of furan rings is 1. The topological polar surface area (TPSA) is 95.2 Å². The predicted molar refractivity (Wildman–Crippen MR) is 130 cm³/mol. The number of halogens is 1. The van der Waals surface area contributed by atoms with Crippen LogP contribution in [0.3, 0.4) is 0 Å². The number of carbonyl (C=O) groups is 3. The molecule has 35 heavy (non-hydrogen) atoms. The third kappa shape index (κ3) is 4.83. The zero-order chi connectivity index (χ0) is 24.4. The molecule has 2 aliphatic heterocycles. The Morgan fingerprint density at radius 2 is 1.83 bits per heavy atom. The van der Waals surface area contributed by atoms with Gasteiger partial charge in [0.1, 0.15) is 24.4 Å². The number of hydrazone groups is 1. The van der Waals surface area contributed by atoms with Gasteiger partial charge in [-0.25, -0.2) is 9.80 Å². The Kier molecular flexibility index (Phi) is 6.37. The number of aryl methyl sites for hydroxylation is 1. The molecule has 2 aromatic carbocycles. The summed E-state index contributed by atoms with van der Waals surface area (Å²) >= 11 is 6.00. The number of hydrogen-bond donors (Lipinski definition) is 1. The minimum Gasteiger partial charge on any atom is -0.467 e. The fourth-order valence-corrected chi connectivity index (χ4v) is 4.47. The van der Waals surface area contributed by atoms with Crippen LogP contribution in [0.2, 0.25) is 5.02 Å². The zero-order valence-electron chi connectivity index (χ0n) is 18.8. The maximum atomic E-state index is 13.3. The summed E-state index contributed by atoms with van der Waals surface area (Å²) in [6, 6.07) is 18.7. The largest absolute Gasteiger partial charge is 0.467 e. The fraction of sp³-hybridized carbons (Fsp3) is 0.231. The molecule has 2 aliphatic rings. The molecule has 1 saturated heterocycles. The van der Waals surface area contributed by atoms with Crippen molar-refractivity contribution in [3.63, 3.8) is 0 Å². The van der Waals surface area contributed by atoms with Gasteiger partial charge in [0, 0.05) is 11.4 Å². The molecular weight excluding hydrogens is 468 g/mol. The first-order valence-electron chi connectivity index (χ1n) is 11.3. The highest BCUT2D eigenvalue weighted by molar-refractivity contribution is 6.30. The number of hydrogen-bond acceptors (Lipinski definition) is 5. The highest BCUT2D eigenvalue weighted by Crippen LogP contribution is 2.33. The lowest BCUT2D eigenvalue weighted by molar-refractivity contribution is -0.138. The highest BCUT2D eigenvalue weighted by Gasteiger charge is 2.42. The molecule has 2 atom stereocenters. The number of rotatable bonds is 7. The van der Waals surface area contributed by atoms with Gasteiger partial charge >= 0.3 is 6.03 Å². The standard InChI is InChI=1S/C26H23ClN4O4/c27-19-11-9-18(10-12-19)21-15-22(23-7-4-14-35-23)31(29-21)24(32)16-30-25(33)20(28-26(30)34)13-8-17-5-2-1-3-6-17/h1-7,9-12,14,20,22H,8,13,15-16H2,(H,28,34). The summed E-state index contributed by atoms with van der Waals surface area (Å²) in [6.45, 7) is -0.402. The van der Waals surface area contributed by atoms with Crippen LogP contribution < -0.4 is 5.32 Å². The first kappa shape index (κ1) is 22.9. The van der Waals surface area contributed by atoms with Crippen molar-refractivity contribution >= 4 is 35.2 Å². The van der Waals surface area contributed by atoms with Crippen LogP contribution >= 0.6 is 11.6 Å². The van der Waals surface area contributed by atoms with Crippen molar-refractivity contribution in [2.24, 2.45) is 5.10 Å². The first-order valence-corrected chi connectivity index (χ1v) is 11.7. The number of benzene rings is 2. The number of nitrogens with one attached hydrogen (secondary N) is 1. The van der Waals surface area contributed by atoms with Crippen LogP contribution in [-0.2, 0) is 16.0 Å². The lowest BCUT2D eigenvalue weighted by Crippen LogP contribution is -2.41. The predicted octanol–water partition coefficient (Wildman–Crippen LogP) is 4.16. The molecule has 5 rings (SSSR count). The molecule has 0 saturated carbocycles. The van der Waals surface area contributed by atoms with Crippen molar-refractivity contribution < 1.29 is 18.8 Å². The molecule has 1 N–H and O–H groups in total. The van der Waals surface area contributed by atoms with Gasteiger partial charge in [-0.15, -0.1) is 0 Å². The second-order valence-corrected chi connectivity index (χ2v) is 8.91. The Bertz CT molecular complexity index is 1260. The Balaban J connectivity index is 1.30. The molecule has 3 heterocycles. The molecule has 1 aromatic heterocycles. The molecule has 8 nitrogen and oxygen atoms in total. The Hall–Kier alpha value is -3.91. The number of urea groups is 1. The molecule has 3 aromatic rings. The fourth-order valence-electron chi connectivity index (χ4n) is 4.35. The number of imide groups is 1. The molecule has 178 valence electrons. The van der Waals surface area contributed by atoms with Gasteiger partial charge in [0.25, 0.3) is 11.8 Å². The van der Waals surface area contributed by atoms with E-state index in [1.54, 1.807) is 24.3 Å². The number of amides is 4. The second-order valence-electron chi connectivity index (χ2n) is 8.48. The molecule has 0 spiro atoms. The van der Waals surface area contributed by atoms with Gasteiger partial charge < -0.3 is 9.73 Å². The molecule has 4 amide bonds. The number of nitrogens with zero attached hydrogens (tertiary/aromatic N) is 3. The van der Waals surface area contributed by atoms with Gasteiger partial charge in [-0.05, 0) is 48.2 Å². The maximum Gasteiger partial charge on any atom is 0.325 e. The summed E-state index contributed by atoms with van der Waals surface area (Å²) in [5.41, 5.74) is 2.60. The van der Waals surface area contributed by atoms with Crippen molar-refractivity contribution in [1.82, 2.24) is 15.2 Å². The minimum atomic E-state index is -0.664. The lowest BCUT2D eigenvalue weighted by Gasteiger charge is -2.22. The summed E-state index contributed by atoms with van der Waals surface area (Å²) in [4.78, 5) is 39.7. The van der Waals surface area contributed by atoms with Gasteiger partial charge in [-0.2, -0.15) is 5.10 Å². The van der Waals surface area contributed by atoms with Gasteiger partial charge in [0.15, 0.2) is 0 Å². The molecule has 2 unspecified atom stereocenters. The van der Waals surface area contributed by atoms with E-state index in [0.29, 0.717) is 35.8 Å². The summed E-state index contributed by atoms with van der Waals surface area (Å²) in [5.74, 6) is -0.304. The molecule has 9 heteroatoms. The third-order valence-electron chi connectivity index (χ3n) is 6.18. The van der Waals surface area contributed by atoms with E-state index in [0.717, 1.165) is 16.0 Å². The van der Waals surface area contributed by atoms with Crippen LogP contribution in [-0.4, -0.2) is 46.1 Å². The van der Waals surface area contributed by atoms with E-state index in [4.69, 9.17) is 16.0 Å². The van der Waals surface area contributed by atoms with E-state index in [9.17, 15) is 14.4 Å². The van der Waals surface area contributed by atoms with Crippen LogP contribution in [0, 0.1) is 0 Å². The van der Waals surface area contributed by atoms with Crippen molar-refractivity contribution in [2.45, 2.75) is 31.3 Å². The molecule has 0 aliphatic carbocycles. The van der Waals surface area contributed by atoms with E-state index in [1.165, 1.54) is 11.3 Å². The summed E-state index contributed by atoms with van der Waals surface area (Å²) in [6.07, 6.45) is 3.06. The van der Waals surface area contributed by atoms with Crippen LogP contribution in [0.4, 0.5) is 4.79 Å². The third-order valence-corrected chi connectivity index (χ3v) is 6.43. The molecule has 0 bridgehead atoms. The van der Waals surface area contributed by atoms with E-state index in [2.05, 4.69) is 10.4 Å². The van der Waals surface area contributed by atoms with E-state index in [-0.39, 0.29) is 0 Å². The Morgan fingerprint density at radius 3 is 2.54 bits per heavy atom. The van der Waals surface area contributed by atoms with Gasteiger partial charge in [0.2, 0.25) is 0 Å². The average molecular weight is 491 g/mol. The number of carbonyl (C=O) groups excluding carboxylic acids is 3. The average Bonchev–Trinajstić information content (AvgIpc) is 3.60. The van der Waals surface area contributed by atoms with Gasteiger partial charge in [-0.3, -0.25) is 14.5 Å². The SMILES string of the molecule is O=C1NC(CCc2ccccc2)C(=O)N1CC(=O)N1N=C(c2ccc(Cl)cc2)CC1c1ccco1. The monoisotopic (exact) mass is 490 g/mol. The van der Waals surface area contributed by atoms with Crippen LogP contribution in [0.25, 0.3) is 0 Å². The van der Waals surface area contributed by atoms with Gasteiger partial charge in [-0.1, -0.05) is 54.1 Å². The van der Waals surface area contributed by atoms with Crippen molar-refractivity contribution in [3.8, 4) is 0 Å². The first-order chi connectivity index (χ1) is 17.0. The second kappa shape index (κ2) is 9.76. The minimum absolute atomic E-state index is 0.402. The van der Waals surface area contributed by atoms with Gasteiger partial charge in [0.05, 0.1) is 12.0 Å². The van der Waals surface area contributed by atoms with Crippen molar-refractivity contribution in [2.75, 3.05) is 6.54 Å². The van der Waals surface area contributed by atoms with Crippen LogP contribution in [0.5, 0.6) is 0 Å². The van der Waals surface area contributed by atoms with Crippen LogP contribution in [0.15, 0.2) is 82.5 Å². The normalized spacial score (nSPS) is 19.7. The zero-order valence-corrected chi connectivity index (χ0v) is 19.5. The van der Waals surface area contributed by atoms with Crippen molar-refractivity contribution in [3.05, 3.63) is 94.9 Å². The highest BCUT2D eigenvalue weighted by atomic mass is 35.5. The maximum absolute atomic E-state index is 13.3. The quantitative estimate of drug-likeness (QED) is 0.503. The van der Waals surface area contributed by atoms with E-state index < -0.39 is 36.5 Å². The van der Waals surface area contributed by atoms with E-state index >= 15 is 0 Å². The molecule has 1 fully saturated rings. The van der Waals surface area contributed by atoms with E-state index in [1.807, 2.05) is 42.5 Å². The summed E-state index contributed by atoms with van der Waals surface area (Å²) in [5, 5.41) is 9.15. The van der Waals surface area contributed by atoms with Crippen molar-refractivity contribution in [1.29, 1.82) is 0 Å². The lowest BCUT2D eigenvalue weighted by atomic mass is 10.0. The summed E-state index contributed by atoms with van der Waals surface area (Å²) < 4.78 is 5.56.